The predicted octanol–water partition coefficient (Wildman–Crippen LogP) is 3.98. The Labute approximate surface area is 114 Å². The number of H-pyrrole nitrogens is 1. The summed E-state index contributed by atoms with van der Waals surface area (Å²) in [5.41, 5.74) is 3.07. The third-order valence-electron chi connectivity index (χ3n) is 3.31. The first-order chi connectivity index (χ1) is 9.56. The van der Waals surface area contributed by atoms with Crippen molar-refractivity contribution in [2.45, 2.75) is 6.92 Å². The molecule has 4 heteroatoms. The van der Waals surface area contributed by atoms with Gasteiger partial charge in [-0.1, -0.05) is 29.8 Å². The summed E-state index contributed by atoms with van der Waals surface area (Å²) in [6.45, 7) is 1.96. The summed E-state index contributed by atoms with van der Waals surface area (Å²) in [5, 5.41) is 9.80. The van der Waals surface area contributed by atoms with E-state index in [0.717, 1.165) is 11.1 Å². The van der Waals surface area contributed by atoms with E-state index in [4.69, 9.17) is 0 Å². The number of nitrogens with one attached hydrogen (secondary N) is 1. The molecular formula is C16H12FNO2. The van der Waals surface area contributed by atoms with E-state index in [9.17, 15) is 14.3 Å². The number of carboxylic acid groups (broad SMARTS) is 1. The first-order valence-corrected chi connectivity index (χ1v) is 6.18. The number of aromatic nitrogens is 1. The molecule has 3 rings (SSSR count). The molecule has 0 radical (unpaired) electrons. The Hall–Kier alpha value is -2.62. The number of aromatic amines is 1. The molecule has 100 valence electrons. The third-order valence-corrected chi connectivity index (χ3v) is 3.31. The Morgan fingerprint density at radius 3 is 2.50 bits per heavy atom. The van der Waals surface area contributed by atoms with E-state index in [1.54, 1.807) is 6.07 Å². The molecule has 0 saturated carbocycles. The lowest BCUT2D eigenvalue weighted by Gasteiger charge is -2.01. The number of rotatable bonds is 2. The normalized spacial score (nSPS) is 10.9. The lowest BCUT2D eigenvalue weighted by atomic mass is 10.0. The van der Waals surface area contributed by atoms with Crippen LogP contribution in [-0.4, -0.2) is 16.1 Å². The SMILES string of the molecule is Cc1ccc(-c2[nH]c3ccc(F)cc3c2C(=O)O)cc1. The maximum Gasteiger partial charge on any atom is 0.338 e. The van der Waals surface area contributed by atoms with E-state index in [0.29, 0.717) is 16.6 Å². The lowest BCUT2D eigenvalue weighted by Crippen LogP contribution is -1.97. The number of fused-ring (bicyclic) bond motifs is 1. The molecule has 0 aliphatic carbocycles. The summed E-state index contributed by atoms with van der Waals surface area (Å²) in [7, 11) is 0. The summed E-state index contributed by atoms with van der Waals surface area (Å²) in [6.07, 6.45) is 0. The molecule has 1 heterocycles. The van der Waals surface area contributed by atoms with E-state index in [2.05, 4.69) is 4.98 Å². The highest BCUT2D eigenvalue weighted by molar-refractivity contribution is 6.09. The fourth-order valence-electron chi connectivity index (χ4n) is 2.32. The number of carbonyl (C=O) groups is 1. The number of halogens is 1. The molecule has 2 N–H and O–H groups in total. The van der Waals surface area contributed by atoms with Crippen molar-refractivity contribution in [3.8, 4) is 11.3 Å². The molecule has 0 atom stereocenters. The van der Waals surface area contributed by atoms with Gasteiger partial charge in [-0.2, -0.15) is 0 Å². The van der Waals surface area contributed by atoms with Gasteiger partial charge < -0.3 is 10.1 Å². The van der Waals surface area contributed by atoms with Crippen molar-refractivity contribution >= 4 is 16.9 Å². The number of aromatic carboxylic acids is 1. The molecule has 20 heavy (non-hydrogen) atoms. The zero-order chi connectivity index (χ0) is 14.3. The molecule has 3 aromatic rings. The maximum absolute atomic E-state index is 13.3. The molecule has 0 aliphatic heterocycles. The van der Waals surface area contributed by atoms with E-state index in [1.807, 2.05) is 31.2 Å². The number of benzene rings is 2. The molecule has 0 amide bonds. The number of hydrogen-bond donors (Lipinski definition) is 2. The van der Waals surface area contributed by atoms with Gasteiger partial charge in [0.05, 0.1) is 11.3 Å². The second-order valence-corrected chi connectivity index (χ2v) is 4.74. The van der Waals surface area contributed by atoms with Crippen LogP contribution in [-0.2, 0) is 0 Å². The summed E-state index contributed by atoms with van der Waals surface area (Å²) in [6, 6.07) is 11.6. The molecule has 0 saturated heterocycles. The quantitative estimate of drug-likeness (QED) is 0.739. The summed E-state index contributed by atoms with van der Waals surface area (Å²) in [4.78, 5) is 14.6. The second kappa shape index (κ2) is 4.49. The first-order valence-electron chi connectivity index (χ1n) is 6.18. The predicted molar refractivity (Wildman–Crippen MR) is 75.4 cm³/mol. The number of aryl methyl sites for hydroxylation is 1. The van der Waals surface area contributed by atoms with Crippen molar-refractivity contribution in [1.82, 2.24) is 4.98 Å². The van der Waals surface area contributed by atoms with Crippen LogP contribution >= 0.6 is 0 Å². The van der Waals surface area contributed by atoms with E-state index in [-0.39, 0.29) is 5.56 Å². The Kier molecular flexibility index (Phi) is 2.79. The van der Waals surface area contributed by atoms with Crippen molar-refractivity contribution in [2.75, 3.05) is 0 Å². The average Bonchev–Trinajstić information content (AvgIpc) is 2.78. The minimum atomic E-state index is -1.07. The molecule has 2 aromatic carbocycles. The molecule has 0 spiro atoms. The van der Waals surface area contributed by atoms with Crippen LogP contribution in [0.4, 0.5) is 4.39 Å². The van der Waals surface area contributed by atoms with Crippen molar-refractivity contribution in [1.29, 1.82) is 0 Å². The lowest BCUT2D eigenvalue weighted by molar-refractivity contribution is 0.0700. The highest BCUT2D eigenvalue weighted by Crippen LogP contribution is 2.31. The largest absolute Gasteiger partial charge is 0.478 e. The molecule has 0 aliphatic rings. The van der Waals surface area contributed by atoms with Gasteiger partial charge in [-0.3, -0.25) is 0 Å². The van der Waals surface area contributed by atoms with Crippen LogP contribution in [0.15, 0.2) is 42.5 Å². The first kappa shape index (κ1) is 12.4. The number of hydrogen-bond acceptors (Lipinski definition) is 1. The van der Waals surface area contributed by atoms with Gasteiger partial charge in [0, 0.05) is 10.9 Å². The molecule has 0 bridgehead atoms. The monoisotopic (exact) mass is 269 g/mol. The highest BCUT2D eigenvalue weighted by atomic mass is 19.1. The van der Waals surface area contributed by atoms with Gasteiger partial charge in [0.1, 0.15) is 5.82 Å². The number of carboxylic acids is 1. The van der Waals surface area contributed by atoms with Crippen molar-refractivity contribution < 1.29 is 14.3 Å². The van der Waals surface area contributed by atoms with Crippen LogP contribution in [0.3, 0.4) is 0 Å². The van der Waals surface area contributed by atoms with Gasteiger partial charge in [-0.25, -0.2) is 9.18 Å². The Morgan fingerprint density at radius 2 is 1.85 bits per heavy atom. The summed E-state index contributed by atoms with van der Waals surface area (Å²) >= 11 is 0. The van der Waals surface area contributed by atoms with Crippen LogP contribution in [0.1, 0.15) is 15.9 Å². The standard InChI is InChI=1S/C16H12FNO2/c1-9-2-4-10(5-3-9)15-14(16(19)20)12-8-11(17)6-7-13(12)18-15/h2-8,18H,1H3,(H,19,20). The van der Waals surface area contributed by atoms with Gasteiger partial charge >= 0.3 is 5.97 Å². The Balaban J connectivity index is 2.32. The van der Waals surface area contributed by atoms with Crippen LogP contribution in [0.5, 0.6) is 0 Å². The second-order valence-electron chi connectivity index (χ2n) is 4.74. The molecule has 3 nitrogen and oxygen atoms in total. The Bertz CT molecular complexity index is 803. The molecule has 0 unspecified atom stereocenters. The van der Waals surface area contributed by atoms with Crippen LogP contribution in [0, 0.1) is 12.7 Å². The van der Waals surface area contributed by atoms with Crippen LogP contribution < -0.4 is 0 Å². The minimum absolute atomic E-state index is 0.100. The van der Waals surface area contributed by atoms with E-state index < -0.39 is 11.8 Å². The molecular weight excluding hydrogens is 257 g/mol. The highest BCUT2D eigenvalue weighted by Gasteiger charge is 2.19. The van der Waals surface area contributed by atoms with Crippen LogP contribution in [0.25, 0.3) is 22.2 Å². The van der Waals surface area contributed by atoms with Crippen LogP contribution in [0.2, 0.25) is 0 Å². The zero-order valence-corrected chi connectivity index (χ0v) is 10.8. The van der Waals surface area contributed by atoms with Gasteiger partial charge in [0.25, 0.3) is 0 Å². The third kappa shape index (κ3) is 1.95. The van der Waals surface area contributed by atoms with Gasteiger partial charge in [0.2, 0.25) is 0 Å². The topological polar surface area (TPSA) is 53.1 Å². The van der Waals surface area contributed by atoms with Crippen molar-refractivity contribution in [3.05, 3.63) is 59.4 Å². The van der Waals surface area contributed by atoms with Gasteiger partial charge in [-0.15, -0.1) is 0 Å². The summed E-state index contributed by atoms with van der Waals surface area (Å²) in [5.74, 6) is -1.52. The van der Waals surface area contributed by atoms with E-state index >= 15 is 0 Å². The van der Waals surface area contributed by atoms with Crippen molar-refractivity contribution in [2.24, 2.45) is 0 Å². The maximum atomic E-state index is 13.3. The fraction of sp³-hybridized carbons (Fsp3) is 0.0625. The summed E-state index contributed by atoms with van der Waals surface area (Å²) < 4.78 is 13.3. The zero-order valence-electron chi connectivity index (χ0n) is 10.8. The average molecular weight is 269 g/mol. The Morgan fingerprint density at radius 1 is 1.15 bits per heavy atom. The van der Waals surface area contributed by atoms with Crippen molar-refractivity contribution in [3.63, 3.8) is 0 Å². The molecule has 1 aromatic heterocycles. The fourth-order valence-corrected chi connectivity index (χ4v) is 2.32. The van der Waals surface area contributed by atoms with Gasteiger partial charge in [0.15, 0.2) is 0 Å². The minimum Gasteiger partial charge on any atom is -0.478 e. The smallest absolute Gasteiger partial charge is 0.338 e. The molecule has 0 fully saturated rings. The van der Waals surface area contributed by atoms with Gasteiger partial charge in [-0.05, 0) is 30.7 Å². The van der Waals surface area contributed by atoms with E-state index in [1.165, 1.54) is 12.1 Å².